The van der Waals surface area contributed by atoms with Crippen LogP contribution in [-0.2, 0) is 5.54 Å². The van der Waals surface area contributed by atoms with Gasteiger partial charge in [-0.3, -0.25) is 0 Å². The predicted octanol–water partition coefficient (Wildman–Crippen LogP) is 5.54. The van der Waals surface area contributed by atoms with Gasteiger partial charge in [0.1, 0.15) is 11.3 Å². The molecule has 1 aromatic heterocycles. The van der Waals surface area contributed by atoms with E-state index < -0.39 is 11.6 Å². The molecule has 1 unspecified atom stereocenters. The van der Waals surface area contributed by atoms with Crippen LogP contribution in [0.1, 0.15) is 58.2 Å². The molecule has 1 aromatic carbocycles. The molecule has 2 rings (SSSR count). The maximum atomic E-state index is 14.4. The molecule has 0 saturated carbocycles. The summed E-state index contributed by atoms with van der Waals surface area (Å²) in [6.07, 6.45) is 2.41. The van der Waals surface area contributed by atoms with Crippen molar-refractivity contribution in [1.29, 1.82) is 0 Å². The van der Waals surface area contributed by atoms with Gasteiger partial charge in [0.05, 0.1) is 10.9 Å². The Bertz CT molecular complexity index is 637. The minimum atomic E-state index is -0.852. The number of rotatable bonds is 5. The van der Waals surface area contributed by atoms with Gasteiger partial charge in [-0.1, -0.05) is 20.8 Å². The molecule has 0 aliphatic rings. The van der Waals surface area contributed by atoms with Gasteiger partial charge >= 0.3 is 0 Å². The maximum absolute atomic E-state index is 14.4. The van der Waals surface area contributed by atoms with Crippen molar-refractivity contribution in [3.05, 3.63) is 29.6 Å². The van der Waals surface area contributed by atoms with Crippen LogP contribution in [0.5, 0.6) is 0 Å². The summed E-state index contributed by atoms with van der Waals surface area (Å²) in [4.78, 5) is 4.45. The van der Waals surface area contributed by atoms with Crippen molar-refractivity contribution in [3.8, 4) is 0 Å². The summed E-state index contributed by atoms with van der Waals surface area (Å²) in [5.74, 6) is -1.10. The Balaban J connectivity index is 2.92. The second kappa shape index (κ2) is 5.91. The SMILES string of the molecule is CCC(CC)(CC)n1c(C(C)Cl)nc2ccc(F)c(F)c21. The number of benzene rings is 1. The zero-order valence-electron chi connectivity index (χ0n) is 12.9. The lowest BCUT2D eigenvalue weighted by atomic mass is 9.89. The fourth-order valence-electron chi connectivity index (χ4n) is 3.09. The highest BCUT2D eigenvalue weighted by atomic mass is 35.5. The van der Waals surface area contributed by atoms with E-state index >= 15 is 0 Å². The van der Waals surface area contributed by atoms with E-state index in [0.29, 0.717) is 11.3 Å². The van der Waals surface area contributed by atoms with E-state index in [1.807, 2.05) is 4.57 Å². The third-order valence-corrected chi connectivity index (χ3v) is 4.74. The minimum absolute atomic E-state index is 0.225. The van der Waals surface area contributed by atoms with Crippen LogP contribution in [0.2, 0.25) is 0 Å². The Morgan fingerprint density at radius 3 is 2.24 bits per heavy atom. The van der Waals surface area contributed by atoms with Gasteiger partial charge in [0, 0.05) is 5.54 Å². The number of alkyl halides is 1. The number of nitrogens with zero attached hydrogens (tertiary/aromatic N) is 2. The summed E-state index contributed by atoms with van der Waals surface area (Å²) in [6.45, 7) is 7.97. The van der Waals surface area contributed by atoms with Crippen LogP contribution in [0.15, 0.2) is 12.1 Å². The zero-order valence-corrected chi connectivity index (χ0v) is 13.6. The van der Waals surface area contributed by atoms with Gasteiger partial charge < -0.3 is 4.57 Å². The lowest BCUT2D eigenvalue weighted by Gasteiger charge is -2.35. The lowest BCUT2D eigenvalue weighted by Crippen LogP contribution is -2.33. The van der Waals surface area contributed by atoms with Gasteiger partial charge in [-0.25, -0.2) is 13.8 Å². The van der Waals surface area contributed by atoms with Crippen molar-refractivity contribution in [2.45, 2.75) is 57.9 Å². The lowest BCUT2D eigenvalue weighted by molar-refractivity contribution is 0.249. The van der Waals surface area contributed by atoms with Crippen LogP contribution in [0.3, 0.4) is 0 Å². The van der Waals surface area contributed by atoms with E-state index in [9.17, 15) is 8.78 Å². The average molecular weight is 315 g/mol. The molecule has 1 heterocycles. The third kappa shape index (κ3) is 2.44. The molecule has 5 heteroatoms. The molecule has 0 fully saturated rings. The summed E-state index contributed by atoms with van der Waals surface area (Å²) < 4.78 is 29.9. The van der Waals surface area contributed by atoms with E-state index in [0.717, 1.165) is 25.3 Å². The van der Waals surface area contributed by atoms with E-state index in [4.69, 9.17) is 11.6 Å². The first-order valence-electron chi connectivity index (χ1n) is 7.42. The molecule has 2 nitrogen and oxygen atoms in total. The van der Waals surface area contributed by atoms with E-state index in [1.54, 1.807) is 6.92 Å². The quantitative estimate of drug-likeness (QED) is 0.662. The van der Waals surface area contributed by atoms with Crippen LogP contribution in [0.25, 0.3) is 11.0 Å². The molecule has 0 saturated heterocycles. The van der Waals surface area contributed by atoms with Crippen LogP contribution in [0.4, 0.5) is 8.78 Å². The summed E-state index contributed by atoms with van der Waals surface area (Å²) in [5.41, 5.74) is 0.376. The molecule has 0 spiro atoms. The Morgan fingerprint density at radius 1 is 1.19 bits per heavy atom. The van der Waals surface area contributed by atoms with Crippen LogP contribution < -0.4 is 0 Å². The summed E-state index contributed by atoms with van der Waals surface area (Å²) in [5, 5.41) is -0.371. The smallest absolute Gasteiger partial charge is 0.184 e. The first-order chi connectivity index (χ1) is 9.91. The average Bonchev–Trinajstić information content (AvgIpc) is 2.87. The Labute approximate surface area is 129 Å². The first kappa shape index (κ1) is 16.2. The van der Waals surface area contributed by atoms with Gasteiger partial charge in [0.15, 0.2) is 11.6 Å². The number of aromatic nitrogens is 2. The minimum Gasteiger partial charge on any atom is -0.318 e. The molecule has 21 heavy (non-hydrogen) atoms. The Morgan fingerprint density at radius 2 is 1.76 bits per heavy atom. The maximum Gasteiger partial charge on any atom is 0.184 e. The largest absolute Gasteiger partial charge is 0.318 e. The number of imidazole rings is 1. The van der Waals surface area contributed by atoms with Gasteiger partial charge in [-0.15, -0.1) is 11.6 Å². The van der Waals surface area contributed by atoms with E-state index in [2.05, 4.69) is 25.8 Å². The molecule has 0 N–H and O–H groups in total. The van der Waals surface area contributed by atoms with Gasteiger partial charge in [-0.2, -0.15) is 0 Å². The topological polar surface area (TPSA) is 17.8 Å². The molecule has 1 atom stereocenters. The molecule has 116 valence electrons. The van der Waals surface area contributed by atoms with Gasteiger partial charge in [0.2, 0.25) is 0 Å². The van der Waals surface area contributed by atoms with Crippen molar-refractivity contribution in [2.24, 2.45) is 0 Å². The van der Waals surface area contributed by atoms with Crippen molar-refractivity contribution in [2.75, 3.05) is 0 Å². The van der Waals surface area contributed by atoms with Gasteiger partial charge in [-0.05, 0) is 38.3 Å². The van der Waals surface area contributed by atoms with Crippen LogP contribution in [0, 0.1) is 11.6 Å². The normalized spacial score (nSPS) is 13.9. The Kier molecular flexibility index (Phi) is 4.57. The fourth-order valence-corrected chi connectivity index (χ4v) is 3.24. The highest BCUT2D eigenvalue weighted by molar-refractivity contribution is 6.20. The molecule has 0 amide bonds. The van der Waals surface area contributed by atoms with E-state index in [-0.39, 0.29) is 16.4 Å². The van der Waals surface area contributed by atoms with Crippen LogP contribution in [-0.4, -0.2) is 9.55 Å². The monoisotopic (exact) mass is 314 g/mol. The number of hydrogen-bond acceptors (Lipinski definition) is 1. The highest BCUT2D eigenvalue weighted by Crippen LogP contribution is 2.38. The molecule has 2 aromatic rings. The predicted molar refractivity (Wildman–Crippen MR) is 82.8 cm³/mol. The van der Waals surface area contributed by atoms with Crippen molar-refractivity contribution >= 4 is 22.6 Å². The Hall–Kier alpha value is -1.16. The third-order valence-electron chi connectivity index (χ3n) is 4.54. The van der Waals surface area contributed by atoms with E-state index in [1.165, 1.54) is 6.07 Å². The van der Waals surface area contributed by atoms with Gasteiger partial charge in [0.25, 0.3) is 0 Å². The molecule has 0 aliphatic carbocycles. The fraction of sp³-hybridized carbons (Fsp3) is 0.562. The standard InChI is InChI=1S/C16H21ClF2N2/c1-5-16(6-2,7-3)21-14-12(20-15(21)10(4)17)9-8-11(18)13(14)19/h8-10H,5-7H2,1-4H3. The number of fused-ring (bicyclic) bond motifs is 1. The number of halogens is 3. The summed E-state index contributed by atoms with van der Waals surface area (Å²) >= 11 is 6.25. The van der Waals surface area contributed by atoms with Crippen molar-refractivity contribution < 1.29 is 8.78 Å². The molecular weight excluding hydrogens is 294 g/mol. The van der Waals surface area contributed by atoms with Crippen molar-refractivity contribution in [3.63, 3.8) is 0 Å². The summed E-state index contributed by atoms with van der Waals surface area (Å²) in [7, 11) is 0. The second-order valence-corrected chi connectivity index (χ2v) is 6.09. The number of hydrogen-bond donors (Lipinski definition) is 0. The molecule has 0 aliphatic heterocycles. The highest BCUT2D eigenvalue weighted by Gasteiger charge is 2.33. The first-order valence-corrected chi connectivity index (χ1v) is 7.86. The molecule has 0 bridgehead atoms. The summed E-state index contributed by atoms with van der Waals surface area (Å²) in [6, 6.07) is 2.63. The van der Waals surface area contributed by atoms with Crippen LogP contribution >= 0.6 is 11.6 Å². The zero-order chi connectivity index (χ0) is 15.8. The molecular formula is C16H21ClF2N2. The molecule has 0 radical (unpaired) electrons. The second-order valence-electron chi connectivity index (χ2n) is 5.44. The van der Waals surface area contributed by atoms with Crippen molar-refractivity contribution in [1.82, 2.24) is 9.55 Å².